The average Bonchev–Trinajstić information content (AvgIpc) is 3.01. The van der Waals surface area contributed by atoms with Gasteiger partial charge in [0.05, 0.1) is 23.6 Å². The van der Waals surface area contributed by atoms with Crippen LogP contribution in [-0.2, 0) is 0 Å². The number of nitrogens with zero attached hydrogens (tertiary/aromatic N) is 4. The molecule has 4 aromatic rings. The minimum atomic E-state index is -0.584. The first-order valence-corrected chi connectivity index (χ1v) is 11.6. The number of nitrogens with one attached hydrogen (secondary N) is 2. The third-order valence-corrected chi connectivity index (χ3v) is 4.94. The number of pyridine rings is 2. The molecular weight excluding hydrogens is 516 g/mol. The minimum Gasteiger partial charge on any atom is -0.507 e. The van der Waals surface area contributed by atoms with Crippen LogP contribution >= 0.6 is 0 Å². The van der Waals surface area contributed by atoms with Crippen molar-refractivity contribution < 1.29 is 30.0 Å². The van der Waals surface area contributed by atoms with Crippen molar-refractivity contribution in [3.05, 3.63) is 107 Å². The fraction of sp³-hybridized carbons (Fsp3) is 0.0714. The van der Waals surface area contributed by atoms with Gasteiger partial charge in [-0.15, -0.1) is 0 Å². The largest absolute Gasteiger partial charge is 0.507 e. The summed E-state index contributed by atoms with van der Waals surface area (Å²) in [7, 11) is 2.00. The number of phenols is 2. The van der Waals surface area contributed by atoms with Crippen LogP contribution in [0.1, 0.15) is 31.8 Å². The Bertz CT molecular complexity index is 1360. The van der Waals surface area contributed by atoms with Crippen molar-refractivity contribution in [1.82, 2.24) is 20.8 Å². The number of aliphatic hydroxyl groups is 2. The maximum absolute atomic E-state index is 12.9. The van der Waals surface area contributed by atoms with Gasteiger partial charge in [0.1, 0.15) is 22.9 Å². The van der Waals surface area contributed by atoms with Crippen LogP contribution in [0.15, 0.2) is 95.4 Å². The van der Waals surface area contributed by atoms with E-state index in [1.165, 1.54) is 49.1 Å². The molecule has 206 valence electrons. The monoisotopic (exact) mass is 544 g/mol. The molecule has 40 heavy (non-hydrogen) atoms. The first-order valence-electron chi connectivity index (χ1n) is 11.6. The Morgan fingerprint density at radius 1 is 0.625 bits per heavy atom. The quantitative estimate of drug-likeness (QED) is 0.151. The van der Waals surface area contributed by atoms with E-state index in [1.54, 1.807) is 48.5 Å². The lowest BCUT2D eigenvalue weighted by Crippen LogP contribution is -2.21. The van der Waals surface area contributed by atoms with Gasteiger partial charge < -0.3 is 20.4 Å². The van der Waals surface area contributed by atoms with E-state index in [1.807, 2.05) is 0 Å². The summed E-state index contributed by atoms with van der Waals surface area (Å²) in [6.45, 7) is 0. The molecule has 0 spiro atoms. The lowest BCUT2D eigenvalue weighted by Gasteiger charge is -2.10. The summed E-state index contributed by atoms with van der Waals surface area (Å²) in [5.41, 5.74) is 6.26. The molecule has 0 atom stereocenters. The van der Waals surface area contributed by atoms with E-state index in [0.717, 1.165) is 14.2 Å². The summed E-state index contributed by atoms with van der Waals surface area (Å²) in [4.78, 5) is 34.2. The van der Waals surface area contributed by atoms with E-state index < -0.39 is 11.8 Å². The fourth-order valence-electron chi connectivity index (χ4n) is 3.19. The first-order chi connectivity index (χ1) is 19.5. The number of rotatable bonds is 7. The third-order valence-electron chi connectivity index (χ3n) is 4.94. The van der Waals surface area contributed by atoms with Crippen molar-refractivity contribution in [1.29, 1.82) is 0 Å². The minimum absolute atomic E-state index is 0.0202. The van der Waals surface area contributed by atoms with Gasteiger partial charge in [-0.25, -0.2) is 10.9 Å². The van der Waals surface area contributed by atoms with Gasteiger partial charge in [-0.1, -0.05) is 24.3 Å². The molecule has 12 heteroatoms. The SMILES string of the molecule is CO.CO.O=C(N/N=C/c1ccccc1O)c1cccnc1-c1ncccc1C(=O)N/N=C/c1ccccc1O. The molecule has 0 fully saturated rings. The maximum Gasteiger partial charge on any atom is 0.273 e. The zero-order chi connectivity index (χ0) is 29.3. The number of aliphatic hydroxyl groups excluding tert-OH is 2. The van der Waals surface area contributed by atoms with Crippen LogP contribution < -0.4 is 10.9 Å². The number of hydrogen-bond acceptors (Lipinski definition) is 10. The molecule has 2 aromatic heterocycles. The van der Waals surface area contributed by atoms with E-state index in [-0.39, 0.29) is 34.0 Å². The molecule has 0 saturated heterocycles. The summed E-state index contributed by atoms with van der Waals surface area (Å²) in [5, 5.41) is 41.4. The van der Waals surface area contributed by atoms with Gasteiger partial charge >= 0.3 is 0 Å². The number of para-hydroxylation sites is 2. The molecule has 2 aromatic carbocycles. The second-order valence-electron chi connectivity index (χ2n) is 7.32. The van der Waals surface area contributed by atoms with E-state index in [2.05, 4.69) is 31.0 Å². The zero-order valence-corrected chi connectivity index (χ0v) is 21.6. The Balaban J connectivity index is 0.00000134. The Hall–Kier alpha value is -5.46. The number of hydrazone groups is 2. The molecular formula is C28H28N6O6. The predicted octanol–water partition coefficient (Wildman–Crippen LogP) is 2.30. The van der Waals surface area contributed by atoms with Gasteiger partial charge in [-0.3, -0.25) is 19.6 Å². The van der Waals surface area contributed by atoms with Gasteiger partial charge in [-0.05, 0) is 48.5 Å². The molecule has 2 amide bonds. The molecule has 12 nitrogen and oxygen atoms in total. The van der Waals surface area contributed by atoms with Crippen LogP contribution in [0.3, 0.4) is 0 Å². The Kier molecular flexibility index (Phi) is 12.6. The number of carbonyl (C=O) groups excluding carboxylic acids is 2. The summed E-state index contributed by atoms with van der Waals surface area (Å²) in [6, 6.07) is 19.3. The smallest absolute Gasteiger partial charge is 0.273 e. The van der Waals surface area contributed by atoms with E-state index in [4.69, 9.17) is 10.2 Å². The van der Waals surface area contributed by atoms with Crippen LogP contribution in [0.4, 0.5) is 0 Å². The molecule has 6 N–H and O–H groups in total. The summed E-state index contributed by atoms with van der Waals surface area (Å²) in [6.07, 6.45) is 5.57. The lowest BCUT2D eigenvalue weighted by molar-refractivity contribution is 0.0945. The molecule has 0 radical (unpaired) electrons. The second kappa shape index (κ2) is 16.4. The Morgan fingerprint density at radius 2 is 1.00 bits per heavy atom. The highest BCUT2D eigenvalue weighted by Crippen LogP contribution is 2.23. The first kappa shape index (κ1) is 30.8. The number of amides is 2. The molecule has 0 aliphatic rings. The summed E-state index contributed by atoms with van der Waals surface area (Å²) >= 11 is 0. The lowest BCUT2D eigenvalue weighted by atomic mass is 10.1. The van der Waals surface area contributed by atoms with E-state index in [9.17, 15) is 19.8 Å². The number of benzene rings is 2. The Morgan fingerprint density at radius 3 is 1.38 bits per heavy atom. The van der Waals surface area contributed by atoms with E-state index in [0.29, 0.717) is 11.1 Å². The summed E-state index contributed by atoms with van der Waals surface area (Å²) < 4.78 is 0. The van der Waals surface area contributed by atoms with Gasteiger partial charge in [0, 0.05) is 37.7 Å². The second-order valence-corrected chi connectivity index (χ2v) is 7.32. The van der Waals surface area contributed by atoms with E-state index >= 15 is 0 Å². The van der Waals surface area contributed by atoms with Crippen molar-refractivity contribution >= 4 is 24.2 Å². The van der Waals surface area contributed by atoms with Gasteiger partial charge in [0.15, 0.2) is 0 Å². The molecule has 0 aliphatic heterocycles. The van der Waals surface area contributed by atoms with Crippen LogP contribution in [0.25, 0.3) is 11.4 Å². The van der Waals surface area contributed by atoms with Crippen molar-refractivity contribution in [3.8, 4) is 22.9 Å². The predicted molar refractivity (Wildman–Crippen MR) is 150 cm³/mol. The van der Waals surface area contributed by atoms with Crippen LogP contribution in [0.2, 0.25) is 0 Å². The average molecular weight is 545 g/mol. The van der Waals surface area contributed by atoms with Gasteiger partial charge in [0.25, 0.3) is 11.8 Å². The van der Waals surface area contributed by atoms with Crippen LogP contribution in [0, 0.1) is 0 Å². The van der Waals surface area contributed by atoms with Crippen LogP contribution in [0.5, 0.6) is 11.5 Å². The highest BCUT2D eigenvalue weighted by atomic mass is 16.3. The van der Waals surface area contributed by atoms with Crippen molar-refractivity contribution in [3.63, 3.8) is 0 Å². The normalized spacial score (nSPS) is 10.2. The molecule has 0 unspecified atom stereocenters. The number of hydrogen-bond donors (Lipinski definition) is 6. The van der Waals surface area contributed by atoms with Gasteiger partial charge in [-0.2, -0.15) is 10.2 Å². The third kappa shape index (κ3) is 8.28. The molecule has 0 saturated carbocycles. The molecule has 0 bridgehead atoms. The number of aromatic nitrogens is 2. The van der Waals surface area contributed by atoms with Crippen molar-refractivity contribution in [2.45, 2.75) is 0 Å². The standard InChI is InChI=1S/C26H20N6O4.2CH4O/c33-21-11-3-1-7-17(21)15-29-31-25(35)19-9-5-13-27-23(19)24-20(10-6-14-28-24)26(36)32-30-16-18-8-2-4-12-22(18)34;2*1-2/h1-16,33-34H,(H,31,35)(H,32,36);2*2H,1H3/b29-15+,30-16+;;. The zero-order valence-electron chi connectivity index (χ0n) is 21.6. The highest BCUT2D eigenvalue weighted by molar-refractivity contribution is 6.05. The molecule has 4 rings (SSSR count). The molecule has 0 aliphatic carbocycles. The number of carbonyl (C=O) groups is 2. The number of phenolic OH excluding ortho intramolecular Hbond substituents is 2. The molecule has 2 heterocycles. The van der Waals surface area contributed by atoms with Gasteiger partial charge in [0.2, 0.25) is 0 Å². The maximum atomic E-state index is 12.9. The van der Waals surface area contributed by atoms with Crippen LogP contribution in [-0.4, -0.2) is 68.9 Å². The van der Waals surface area contributed by atoms with Crippen molar-refractivity contribution in [2.75, 3.05) is 14.2 Å². The topological polar surface area (TPSA) is 190 Å². The van der Waals surface area contributed by atoms with Crippen molar-refractivity contribution in [2.24, 2.45) is 10.2 Å². The Labute approximate surface area is 230 Å². The fourth-order valence-corrected chi connectivity index (χ4v) is 3.19. The highest BCUT2D eigenvalue weighted by Gasteiger charge is 2.20. The number of aromatic hydroxyl groups is 2. The summed E-state index contributed by atoms with van der Waals surface area (Å²) in [5.74, 6) is -1.13.